The third kappa shape index (κ3) is 8.78. The largest absolute Gasteiger partial charge is 0.335 e. The van der Waals surface area contributed by atoms with Gasteiger partial charge >= 0.3 is 0 Å². The quantitative estimate of drug-likeness (QED) is 0.488. The van der Waals surface area contributed by atoms with E-state index in [4.69, 9.17) is 0 Å². The SMILES string of the molecule is C=CC.C=CCN(CCC)C(=O)C=C. The molecule has 0 aliphatic carbocycles. The summed E-state index contributed by atoms with van der Waals surface area (Å²) in [6.07, 6.45) is 5.77. The Morgan fingerprint density at radius 2 is 1.86 bits per heavy atom. The highest BCUT2D eigenvalue weighted by Crippen LogP contribution is 1.93. The van der Waals surface area contributed by atoms with Gasteiger partial charge in [-0.2, -0.15) is 0 Å². The summed E-state index contributed by atoms with van der Waals surface area (Å²) in [6, 6.07) is 0. The zero-order valence-corrected chi connectivity index (χ0v) is 9.33. The van der Waals surface area contributed by atoms with E-state index in [0.29, 0.717) is 6.54 Å². The van der Waals surface area contributed by atoms with Crippen LogP contribution >= 0.6 is 0 Å². The molecular weight excluding hydrogens is 174 g/mol. The average molecular weight is 195 g/mol. The highest BCUT2D eigenvalue weighted by Gasteiger charge is 2.04. The third-order valence-corrected chi connectivity index (χ3v) is 1.33. The zero-order valence-electron chi connectivity index (χ0n) is 9.33. The molecule has 0 bridgehead atoms. The number of hydrogen-bond acceptors (Lipinski definition) is 1. The monoisotopic (exact) mass is 195 g/mol. The molecule has 0 unspecified atom stereocenters. The van der Waals surface area contributed by atoms with E-state index in [-0.39, 0.29) is 5.91 Å². The van der Waals surface area contributed by atoms with Crippen LogP contribution in [0, 0.1) is 0 Å². The Bertz CT molecular complexity index is 185. The molecule has 0 aromatic heterocycles. The Kier molecular flexibility index (Phi) is 12.7. The minimum absolute atomic E-state index is 0.0215. The molecule has 80 valence electrons. The normalized spacial score (nSPS) is 7.86. The maximum atomic E-state index is 11.1. The maximum absolute atomic E-state index is 11.1. The lowest BCUT2D eigenvalue weighted by Gasteiger charge is -2.17. The molecule has 0 saturated heterocycles. The fourth-order valence-electron chi connectivity index (χ4n) is 0.846. The summed E-state index contributed by atoms with van der Waals surface area (Å²) in [5.41, 5.74) is 0. The van der Waals surface area contributed by atoms with Crippen LogP contribution in [-0.2, 0) is 4.79 Å². The molecule has 0 aliphatic rings. The molecule has 0 atom stereocenters. The summed E-state index contributed by atoms with van der Waals surface area (Å²) in [5.74, 6) is -0.0215. The Morgan fingerprint density at radius 3 is 2.14 bits per heavy atom. The number of nitrogens with zero attached hydrogens (tertiary/aromatic N) is 1. The average Bonchev–Trinajstić information content (AvgIpc) is 2.17. The summed E-state index contributed by atoms with van der Waals surface area (Å²) in [5, 5.41) is 0. The predicted molar refractivity (Wildman–Crippen MR) is 63.1 cm³/mol. The minimum Gasteiger partial charge on any atom is -0.335 e. The second-order valence-electron chi connectivity index (χ2n) is 2.69. The first kappa shape index (κ1) is 15.2. The molecule has 14 heavy (non-hydrogen) atoms. The van der Waals surface area contributed by atoms with Crippen LogP contribution in [0.2, 0.25) is 0 Å². The summed E-state index contributed by atoms with van der Waals surface area (Å²) in [4.78, 5) is 12.8. The van der Waals surface area contributed by atoms with E-state index in [9.17, 15) is 4.79 Å². The van der Waals surface area contributed by atoms with Crippen LogP contribution in [0.25, 0.3) is 0 Å². The summed E-state index contributed by atoms with van der Waals surface area (Å²) in [6.45, 7) is 15.7. The number of rotatable bonds is 5. The molecule has 1 amide bonds. The summed E-state index contributed by atoms with van der Waals surface area (Å²) >= 11 is 0. The van der Waals surface area contributed by atoms with Crippen molar-refractivity contribution in [2.75, 3.05) is 13.1 Å². The molecule has 0 rings (SSSR count). The van der Waals surface area contributed by atoms with Crippen molar-refractivity contribution >= 4 is 5.91 Å². The van der Waals surface area contributed by atoms with Crippen LogP contribution in [0.3, 0.4) is 0 Å². The number of allylic oxidation sites excluding steroid dienone is 1. The second-order valence-corrected chi connectivity index (χ2v) is 2.69. The van der Waals surface area contributed by atoms with Gasteiger partial charge < -0.3 is 4.90 Å². The fraction of sp³-hybridized carbons (Fsp3) is 0.417. The Morgan fingerprint density at radius 1 is 1.36 bits per heavy atom. The Hall–Kier alpha value is -1.31. The molecule has 0 N–H and O–H groups in total. The molecule has 0 aromatic carbocycles. The highest BCUT2D eigenvalue weighted by atomic mass is 16.2. The standard InChI is InChI=1S/C9H15NO.C3H6/c1-4-7-10(8-5-2)9(11)6-3;1-3-2/h4,6H,1,3,5,7-8H2,2H3;3H,1H2,2H3. The van der Waals surface area contributed by atoms with E-state index >= 15 is 0 Å². The van der Waals surface area contributed by atoms with Crippen molar-refractivity contribution in [3.8, 4) is 0 Å². The van der Waals surface area contributed by atoms with Crippen LogP contribution in [-0.4, -0.2) is 23.9 Å². The molecule has 0 radical (unpaired) electrons. The molecule has 0 spiro atoms. The number of hydrogen-bond donors (Lipinski definition) is 0. The van der Waals surface area contributed by atoms with Gasteiger partial charge in [0.2, 0.25) is 5.91 Å². The van der Waals surface area contributed by atoms with Crippen molar-refractivity contribution < 1.29 is 4.79 Å². The molecule has 2 nitrogen and oxygen atoms in total. The number of amides is 1. The minimum atomic E-state index is -0.0215. The van der Waals surface area contributed by atoms with E-state index in [2.05, 4.69) is 19.7 Å². The van der Waals surface area contributed by atoms with Gasteiger partial charge in [-0.25, -0.2) is 0 Å². The molecule has 0 aromatic rings. The van der Waals surface area contributed by atoms with Crippen molar-refractivity contribution in [3.05, 3.63) is 38.0 Å². The van der Waals surface area contributed by atoms with E-state index in [1.807, 2.05) is 13.8 Å². The topological polar surface area (TPSA) is 20.3 Å². The molecular formula is C12H21NO. The third-order valence-electron chi connectivity index (χ3n) is 1.33. The maximum Gasteiger partial charge on any atom is 0.246 e. The molecule has 0 fully saturated rings. The van der Waals surface area contributed by atoms with Crippen LogP contribution < -0.4 is 0 Å². The Labute approximate surface area is 87.6 Å². The first-order valence-corrected chi connectivity index (χ1v) is 4.77. The van der Waals surface area contributed by atoms with Gasteiger partial charge in [0, 0.05) is 13.1 Å². The van der Waals surface area contributed by atoms with Gasteiger partial charge in [-0.1, -0.05) is 25.7 Å². The van der Waals surface area contributed by atoms with Crippen molar-refractivity contribution in [2.45, 2.75) is 20.3 Å². The number of carbonyl (C=O) groups is 1. The number of carbonyl (C=O) groups excluding carboxylic acids is 1. The van der Waals surface area contributed by atoms with Gasteiger partial charge in [0.1, 0.15) is 0 Å². The summed E-state index contributed by atoms with van der Waals surface area (Å²) < 4.78 is 0. The molecule has 2 heteroatoms. The zero-order chi connectivity index (χ0) is 11.4. The lowest BCUT2D eigenvalue weighted by molar-refractivity contribution is -0.125. The lowest BCUT2D eigenvalue weighted by atomic mass is 10.3. The first-order chi connectivity index (χ1) is 6.67. The van der Waals surface area contributed by atoms with E-state index < -0.39 is 0 Å². The smallest absolute Gasteiger partial charge is 0.246 e. The van der Waals surface area contributed by atoms with Crippen LogP contribution in [0.1, 0.15) is 20.3 Å². The Balaban J connectivity index is 0. The van der Waals surface area contributed by atoms with Gasteiger partial charge in [-0.15, -0.1) is 13.2 Å². The first-order valence-electron chi connectivity index (χ1n) is 4.77. The van der Waals surface area contributed by atoms with Gasteiger partial charge in [-0.3, -0.25) is 4.79 Å². The van der Waals surface area contributed by atoms with Crippen LogP contribution in [0.15, 0.2) is 38.0 Å². The van der Waals surface area contributed by atoms with Crippen LogP contribution in [0.5, 0.6) is 0 Å². The van der Waals surface area contributed by atoms with E-state index in [1.54, 1.807) is 17.1 Å². The lowest BCUT2D eigenvalue weighted by Crippen LogP contribution is -2.30. The van der Waals surface area contributed by atoms with Gasteiger partial charge in [0.15, 0.2) is 0 Å². The predicted octanol–water partition coefficient (Wildman–Crippen LogP) is 2.79. The second kappa shape index (κ2) is 11.7. The van der Waals surface area contributed by atoms with Crippen molar-refractivity contribution in [1.82, 2.24) is 4.90 Å². The van der Waals surface area contributed by atoms with E-state index in [0.717, 1.165) is 13.0 Å². The molecule has 0 heterocycles. The van der Waals surface area contributed by atoms with Gasteiger partial charge in [0.05, 0.1) is 0 Å². The van der Waals surface area contributed by atoms with Crippen molar-refractivity contribution in [1.29, 1.82) is 0 Å². The fourth-order valence-corrected chi connectivity index (χ4v) is 0.846. The van der Waals surface area contributed by atoms with Crippen molar-refractivity contribution in [3.63, 3.8) is 0 Å². The van der Waals surface area contributed by atoms with E-state index in [1.165, 1.54) is 6.08 Å². The summed E-state index contributed by atoms with van der Waals surface area (Å²) in [7, 11) is 0. The molecule has 0 saturated carbocycles. The van der Waals surface area contributed by atoms with Crippen LogP contribution in [0.4, 0.5) is 0 Å². The van der Waals surface area contributed by atoms with Gasteiger partial charge in [-0.05, 0) is 19.4 Å². The highest BCUT2D eigenvalue weighted by molar-refractivity contribution is 5.87. The van der Waals surface area contributed by atoms with Crippen molar-refractivity contribution in [2.24, 2.45) is 0 Å². The molecule has 0 aliphatic heterocycles. The van der Waals surface area contributed by atoms with Gasteiger partial charge in [0.25, 0.3) is 0 Å².